The summed E-state index contributed by atoms with van der Waals surface area (Å²) in [6.45, 7) is 1.29. The molecule has 0 radical (unpaired) electrons. The van der Waals surface area contributed by atoms with Crippen molar-refractivity contribution in [3.8, 4) is 0 Å². The molecule has 1 N–H and O–H groups in total. The molecule has 0 aliphatic carbocycles. The molecule has 3 rings (SSSR count). The standard InChI is InChI=1S/C19H19ClN2O6S/c1-27-19(24)14-4-7-16(20)17(12-14)21-18(23)13-2-5-15(6-3-13)29(25,26)22-8-10-28-11-9-22/h2-7,12H,8-11H2,1H3,(H,21,23). The van der Waals surface area contributed by atoms with Gasteiger partial charge in [0.05, 0.1) is 41.5 Å². The molecule has 1 saturated heterocycles. The first-order chi connectivity index (χ1) is 13.8. The van der Waals surface area contributed by atoms with Crippen molar-refractivity contribution in [2.45, 2.75) is 4.90 Å². The van der Waals surface area contributed by atoms with E-state index in [4.69, 9.17) is 16.3 Å². The maximum atomic E-state index is 12.6. The number of anilines is 1. The number of nitrogens with zero attached hydrogens (tertiary/aromatic N) is 1. The Bertz CT molecular complexity index is 1020. The van der Waals surface area contributed by atoms with Crippen LogP contribution >= 0.6 is 11.6 Å². The van der Waals surface area contributed by atoms with Crippen LogP contribution in [0.25, 0.3) is 0 Å². The molecule has 8 nitrogen and oxygen atoms in total. The molecule has 0 bridgehead atoms. The molecule has 1 aliphatic rings. The van der Waals surface area contributed by atoms with E-state index >= 15 is 0 Å². The van der Waals surface area contributed by atoms with E-state index < -0.39 is 21.9 Å². The maximum absolute atomic E-state index is 12.6. The van der Waals surface area contributed by atoms with Gasteiger partial charge in [0.15, 0.2) is 0 Å². The third-order valence-electron chi connectivity index (χ3n) is 4.36. The molecular weight excluding hydrogens is 420 g/mol. The van der Waals surface area contributed by atoms with E-state index in [9.17, 15) is 18.0 Å². The number of ether oxygens (including phenoxy) is 2. The number of halogens is 1. The Hall–Kier alpha value is -2.46. The van der Waals surface area contributed by atoms with Crippen LogP contribution < -0.4 is 5.32 Å². The third kappa shape index (κ3) is 4.76. The van der Waals surface area contributed by atoms with E-state index in [1.54, 1.807) is 0 Å². The van der Waals surface area contributed by atoms with Crippen molar-refractivity contribution in [2.75, 3.05) is 38.7 Å². The van der Waals surface area contributed by atoms with Gasteiger partial charge in [-0.1, -0.05) is 11.6 Å². The highest BCUT2D eigenvalue weighted by Gasteiger charge is 2.26. The average molecular weight is 439 g/mol. The maximum Gasteiger partial charge on any atom is 0.337 e. The Morgan fingerprint density at radius 2 is 1.69 bits per heavy atom. The van der Waals surface area contributed by atoms with E-state index in [0.717, 1.165) is 0 Å². The highest BCUT2D eigenvalue weighted by Crippen LogP contribution is 2.24. The van der Waals surface area contributed by atoms with Crippen molar-refractivity contribution in [1.82, 2.24) is 4.31 Å². The minimum absolute atomic E-state index is 0.0988. The number of carbonyl (C=O) groups is 2. The van der Waals surface area contributed by atoms with Gasteiger partial charge in [-0.05, 0) is 42.5 Å². The zero-order valence-electron chi connectivity index (χ0n) is 15.6. The van der Waals surface area contributed by atoms with Crippen LogP contribution in [0.2, 0.25) is 5.02 Å². The summed E-state index contributed by atoms with van der Waals surface area (Å²) >= 11 is 6.08. The zero-order valence-corrected chi connectivity index (χ0v) is 17.1. The van der Waals surface area contributed by atoms with E-state index in [-0.39, 0.29) is 26.7 Å². The first-order valence-electron chi connectivity index (χ1n) is 8.70. The number of hydrogen-bond donors (Lipinski definition) is 1. The van der Waals surface area contributed by atoms with Crippen molar-refractivity contribution in [3.63, 3.8) is 0 Å². The van der Waals surface area contributed by atoms with Crippen LogP contribution in [0.3, 0.4) is 0 Å². The van der Waals surface area contributed by atoms with Crippen molar-refractivity contribution in [3.05, 3.63) is 58.6 Å². The number of amides is 1. The summed E-state index contributed by atoms with van der Waals surface area (Å²) in [7, 11) is -2.39. The molecule has 29 heavy (non-hydrogen) atoms. The number of benzene rings is 2. The van der Waals surface area contributed by atoms with E-state index in [0.29, 0.717) is 26.3 Å². The summed E-state index contributed by atoms with van der Waals surface area (Å²) in [5.74, 6) is -1.06. The summed E-state index contributed by atoms with van der Waals surface area (Å²) in [4.78, 5) is 24.3. The Balaban J connectivity index is 1.77. The molecule has 2 aromatic rings. The lowest BCUT2D eigenvalue weighted by Crippen LogP contribution is -2.40. The first-order valence-corrected chi connectivity index (χ1v) is 10.5. The topological polar surface area (TPSA) is 102 Å². The van der Waals surface area contributed by atoms with Gasteiger partial charge in [0.2, 0.25) is 10.0 Å². The summed E-state index contributed by atoms with van der Waals surface area (Å²) < 4.78 is 36.5. The summed E-state index contributed by atoms with van der Waals surface area (Å²) in [5.41, 5.74) is 0.717. The van der Waals surface area contributed by atoms with Crippen LogP contribution in [-0.4, -0.2) is 58.0 Å². The van der Waals surface area contributed by atoms with Crippen LogP contribution in [0.1, 0.15) is 20.7 Å². The van der Waals surface area contributed by atoms with Crippen LogP contribution in [0.4, 0.5) is 5.69 Å². The number of hydrogen-bond acceptors (Lipinski definition) is 6. The number of methoxy groups -OCH3 is 1. The molecule has 1 heterocycles. The second-order valence-electron chi connectivity index (χ2n) is 6.18. The summed E-state index contributed by atoms with van der Waals surface area (Å²) in [6.07, 6.45) is 0. The molecule has 0 aromatic heterocycles. The highest BCUT2D eigenvalue weighted by molar-refractivity contribution is 7.89. The first kappa shape index (κ1) is 21.3. The van der Waals surface area contributed by atoms with E-state index in [1.807, 2.05) is 0 Å². The van der Waals surface area contributed by atoms with Gasteiger partial charge >= 0.3 is 5.97 Å². The van der Waals surface area contributed by atoms with Crippen molar-refractivity contribution in [1.29, 1.82) is 0 Å². The molecule has 0 saturated carbocycles. The van der Waals surface area contributed by atoms with Gasteiger partial charge < -0.3 is 14.8 Å². The van der Waals surface area contributed by atoms with Crippen LogP contribution in [0.15, 0.2) is 47.4 Å². The van der Waals surface area contributed by atoms with Gasteiger partial charge in [-0.15, -0.1) is 0 Å². The molecule has 2 aromatic carbocycles. The monoisotopic (exact) mass is 438 g/mol. The molecule has 1 aliphatic heterocycles. The number of esters is 1. The average Bonchev–Trinajstić information content (AvgIpc) is 2.75. The van der Waals surface area contributed by atoms with Crippen LogP contribution in [0.5, 0.6) is 0 Å². The van der Waals surface area contributed by atoms with Gasteiger partial charge in [0.1, 0.15) is 0 Å². The second kappa shape index (κ2) is 8.91. The second-order valence-corrected chi connectivity index (χ2v) is 8.53. The lowest BCUT2D eigenvalue weighted by Gasteiger charge is -2.26. The molecule has 0 atom stereocenters. The molecule has 1 amide bonds. The molecule has 1 fully saturated rings. The number of nitrogens with one attached hydrogen (secondary N) is 1. The zero-order chi connectivity index (χ0) is 21.0. The van der Waals surface area contributed by atoms with Gasteiger partial charge in [0, 0.05) is 18.7 Å². The fourth-order valence-electron chi connectivity index (χ4n) is 2.77. The fourth-order valence-corrected chi connectivity index (χ4v) is 4.35. The Morgan fingerprint density at radius 3 is 2.31 bits per heavy atom. The van der Waals surface area contributed by atoms with Crippen molar-refractivity contribution in [2.24, 2.45) is 0 Å². The van der Waals surface area contributed by atoms with Gasteiger partial charge in [-0.2, -0.15) is 4.31 Å². The normalized spacial score (nSPS) is 15.0. The van der Waals surface area contributed by atoms with E-state index in [2.05, 4.69) is 10.1 Å². The highest BCUT2D eigenvalue weighted by atomic mass is 35.5. The molecule has 10 heteroatoms. The lowest BCUT2D eigenvalue weighted by molar-refractivity contribution is 0.0600. The quantitative estimate of drug-likeness (QED) is 0.719. The Morgan fingerprint density at radius 1 is 1.07 bits per heavy atom. The van der Waals surface area contributed by atoms with Gasteiger partial charge in [-0.25, -0.2) is 13.2 Å². The van der Waals surface area contributed by atoms with Crippen LogP contribution in [-0.2, 0) is 19.5 Å². The van der Waals surface area contributed by atoms with Crippen molar-refractivity contribution >= 4 is 39.2 Å². The number of sulfonamides is 1. The minimum atomic E-state index is -3.64. The summed E-state index contributed by atoms with van der Waals surface area (Å²) in [5, 5.41) is 2.86. The molecule has 0 unspecified atom stereocenters. The fraction of sp³-hybridized carbons (Fsp3) is 0.263. The third-order valence-corrected chi connectivity index (χ3v) is 6.60. The SMILES string of the molecule is COC(=O)c1ccc(Cl)c(NC(=O)c2ccc(S(=O)(=O)N3CCOCC3)cc2)c1. The number of carbonyl (C=O) groups excluding carboxylic acids is 2. The largest absolute Gasteiger partial charge is 0.465 e. The lowest BCUT2D eigenvalue weighted by atomic mass is 10.1. The molecule has 0 spiro atoms. The smallest absolute Gasteiger partial charge is 0.337 e. The molecule has 154 valence electrons. The number of rotatable bonds is 5. The molecular formula is C19H19ClN2O6S. The predicted molar refractivity (Wildman–Crippen MR) is 107 cm³/mol. The predicted octanol–water partition coefficient (Wildman–Crippen LogP) is 2.40. The Labute approximate surface area is 173 Å². The van der Waals surface area contributed by atoms with Crippen molar-refractivity contribution < 1.29 is 27.5 Å². The minimum Gasteiger partial charge on any atom is -0.465 e. The Kier molecular flexibility index (Phi) is 6.53. The van der Waals surface area contributed by atoms with E-state index in [1.165, 1.54) is 53.9 Å². The van der Waals surface area contributed by atoms with Gasteiger partial charge in [-0.3, -0.25) is 4.79 Å². The van der Waals surface area contributed by atoms with Gasteiger partial charge in [0.25, 0.3) is 5.91 Å². The van der Waals surface area contributed by atoms with Crippen LogP contribution in [0, 0.1) is 0 Å². The number of morpholine rings is 1. The summed E-state index contributed by atoms with van der Waals surface area (Å²) in [6, 6.07) is 9.96.